The molecule has 1 amide bonds. The van der Waals surface area contributed by atoms with Gasteiger partial charge in [-0.05, 0) is 18.2 Å². The van der Waals surface area contributed by atoms with E-state index in [0.717, 1.165) is 6.07 Å². The molecular weight excluding hydrogens is 209 g/mol. The Bertz CT molecular complexity index is 458. The molecule has 0 fully saturated rings. The number of aliphatic hydroxyl groups excluding tert-OH is 1. The van der Waals surface area contributed by atoms with E-state index < -0.39 is 5.82 Å². The SMILES string of the molecule is CN(C)C(=O)c1ccc(C#CCO)c(F)c1. The molecule has 0 saturated carbocycles. The number of carbonyl (C=O) groups excluding carboxylic acids is 1. The average Bonchev–Trinajstić information content (AvgIpc) is 2.26. The number of benzene rings is 1. The van der Waals surface area contributed by atoms with Crippen molar-refractivity contribution in [1.82, 2.24) is 4.90 Å². The van der Waals surface area contributed by atoms with Gasteiger partial charge >= 0.3 is 0 Å². The Balaban J connectivity index is 3.04. The Kier molecular flexibility index (Phi) is 4.03. The minimum Gasteiger partial charge on any atom is -0.384 e. The summed E-state index contributed by atoms with van der Waals surface area (Å²) in [4.78, 5) is 12.9. The zero-order valence-electron chi connectivity index (χ0n) is 9.12. The first kappa shape index (κ1) is 12.2. The Hall–Kier alpha value is -1.86. The lowest BCUT2D eigenvalue weighted by molar-refractivity contribution is 0.0827. The Labute approximate surface area is 93.5 Å². The van der Waals surface area contributed by atoms with Gasteiger partial charge in [0.2, 0.25) is 0 Å². The van der Waals surface area contributed by atoms with Crippen molar-refractivity contribution in [3.8, 4) is 11.8 Å². The molecule has 0 aliphatic rings. The first-order valence-corrected chi connectivity index (χ1v) is 4.67. The highest BCUT2D eigenvalue weighted by molar-refractivity contribution is 5.94. The second-order valence-corrected chi connectivity index (χ2v) is 3.35. The smallest absolute Gasteiger partial charge is 0.253 e. The molecule has 0 radical (unpaired) electrons. The van der Waals surface area contributed by atoms with E-state index in [4.69, 9.17) is 5.11 Å². The van der Waals surface area contributed by atoms with Crippen molar-refractivity contribution in [2.75, 3.05) is 20.7 Å². The number of aliphatic hydroxyl groups is 1. The van der Waals surface area contributed by atoms with Crippen LogP contribution in [0.5, 0.6) is 0 Å². The third kappa shape index (κ3) is 2.81. The highest BCUT2D eigenvalue weighted by atomic mass is 19.1. The highest BCUT2D eigenvalue weighted by Crippen LogP contribution is 2.10. The second kappa shape index (κ2) is 5.29. The Morgan fingerprint density at radius 2 is 2.19 bits per heavy atom. The van der Waals surface area contributed by atoms with Crippen molar-refractivity contribution >= 4 is 5.91 Å². The van der Waals surface area contributed by atoms with Crippen molar-refractivity contribution < 1.29 is 14.3 Å². The monoisotopic (exact) mass is 221 g/mol. The Morgan fingerprint density at radius 3 is 2.69 bits per heavy atom. The van der Waals surface area contributed by atoms with Gasteiger partial charge < -0.3 is 10.0 Å². The van der Waals surface area contributed by atoms with E-state index in [1.165, 1.54) is 17.0 Å². The molecule has 0 aliphatic heterocycles. The van der Waals surface area contributed by atoms with Gasteiger partial charge in [0.05, 0.1) is 5.56 Å². The predicted octanol–water partition coefficient (Wildman–Crippen LogP) is 0.871. The molecule has 1 aromatic carbocycles. The lowest BCUT2D eigenvalue weighted by Crippen LogP contribution is -2.21. The summed E-state index contributed by atoms with van der Waals surface area (Å²) in [5.74, 6) is 3.98. The summed E-state index contributed by atoms with van der Waals surface area (Å²) < 4.78 is 13.4. The van der Waals surface area contributed by atoms with Crippen LogP contribution >= 0.6 is 0 Å². The van der Waals surface area contributed by atoms with Crippen LogP contribution in [0.15, 0.2) is 18.2 Å². The molecule has 1 rings (SSSR count). The van der Waals surface area contributed by atoms with Gasteiger partial charge in [0.15, 0.2) is 0 Å². The van der Waals surface area contributed by atoms with Crippen LogP contribution in [0, 0.1) is 17.7 Å². The summed E-state index contributed by atoms with van der Waals surface area (Å²) in [5, 5.41) is 8.48. The normalized spacial score (nSPS) is 9.25. The van der Waals surface area contributed by atoms with E-state index >= 15 is 0 Å². The summed E-state index contributed by atoms with van der Waals surface area (Å²) >= 11 is 0. The van der Waals surface area contributed by atoms with Gasteiger partial charge in [0, 0.05) is 19.7 Å². The maximum atomic E-state index is 13.4. The lowest BCUT2D eigenvalue weighted by Gasteiger charge is -2.10. The van der Waals surface area contributed by atoms with Crippen molar-refractivity contribution in [1.29, 1.82) is 0 Å². The van der Waals surface area contributed by atoms with Gasteiger partial charge in [-0.1, -0.05) is 11.8 Å². The van der Waals surface area contributed by atoms with Gasteiger partial charge in [-0.15, -0.1) is 0 Å². The summed E-state index contributed by atoms with van der Waals surface area (Å²) in [7, 11) is 3.19. The third-order valence-electron chi connectivity index (χ3n) is 1.92. The molecule has 0 bridgehead atoms. The largest absolute Gasteiger partial charge is 0.384 e. The van der Waals surface area contributed by atoms with Crippen LogP contribution in [0.25, 0.3) is 0 Å². The first-order valence-electron chi connectivity index (χ1n) is 4.67. The van der Waals surface area contributed by atoms with Gasteiger partial charge in [0.1, 0.15) is 12.4 Å². The highest BCUT2D eigenvalue weighted by Gasteiger charge is 2.10. The second-order valence-electron chi connectivity index (χ2n) is 3.35. The quantitative estimate of drug-likeness (QED) is 0.715. The number of rotatable bonds is 1. The van der Waals surface area contributed by atoms with E-state index in [2.05, 4.69) is 11.8 Å². The summed E-state index contributed by atoms with van der Waals surface area (Å²) in [6, 6.07) is 4.07. The zero-order chi connectivity index (χ0) is 12.1. The van der Waals surface area contributed by atoms with Gasteiger partial charge in [-0.25, -0.2) is 4.39 Å². The summed E-state index contributed by atoms with van der Waals surface area (Å²) in [6.45, 7) is -0.322. The summed E-state index contributed by atoms with van der Waals surface area (Å²) in [5.41, 5.74) is 0.446. The predicted molar refractivity (Wildman–Crippen MR) is 58.4 cm³/mol. The van der Waals surface area contributed by atoms with Crippen LogP contribution in [-0.2, 0) is 0 Å². The maximum Gasteiger partial charge on any atom is 0.253 e. The van der Waals surface area contributed by atoms with Crippen LogP contribution < -0.4 is 0 Å². The minimum absolute atomic E-state index is 0.171. The number of carbonyl (C=O) groups is 1. The third-order valence-corrected chi connectivity index (χ3v) is 1.92. The van der Waals surface area contributed by atoms with Crippen molar-refractivity contribution in [3.63, 3.8) is 0 Å². The molecule has 0 unspecified atom stereocenters. The molecular formula is C12H12FNO2. The Morgan fingerprint density at radius 1 is 1.50 bits per heavy atom. The molecule has 84 valence electrons. The number of hydrogen-bond acceptors (Lipinski definition) is 2. The van der Waals surface area contributed by atoms with Crippen LogP contribution in [0.1, 0.15) is 15.9 Å². The van der Waals surface area contributed by atoms with E-state index in [1.54, 1.807) is 14.1 Å². The topological polar surface area (TPSA) is 40.5 Å². The molecule has 0 atom stereocenters. The van der Waals surface area contributed by atoms with Crippen molar-refractivity contribution in [3.05, 3.63) is 35.1 Å². The fraction of sp³-hybridized carbons (Fsp3) is 0.250. The number of nitrogens with zero attached hydrogens (tertiary/aromatic N) is 1. The molecule has 0 heterocycles. The van der Waals surface area contributed by atoms with Crippen LogP contribution in [-0.4, -0.2) is 36.6 Å². The molecule has 4 heteroatoms. The standard InChI is InChI=1S/C12H12FNO2/c1-14(2)12(16)10-6-5-9(4-3-7-15)11(13)8-10/h5-6,8,15H,7H2,1-2H3. The lowest BCUT2D eigenvalue weighted by atomic mass is 10.1. The van der Waals surface area contributed by atoms with Crippen LogP contribution in [0.3, 0.4) is 0 Å². The van der Waals surface area contributed by atoms with Crippen molar-refractivity contribution in [2.24, 2.45) is 0 Å². The minimum atomic E-state index is -0.561. The fourth-order valence-electron chi connectivity index (χ4n) is 1.14. The van der Waals surface area contributed by atoms with E-state index in [9.17, 15) is 9.18 Å². The van der Waals surface area contributed by atoms with E-state index in [1.807, 2.05) is 0 Å². The number of hydrogen-bond donors (Lipinski definition) is 1. The molecule has 0 aliphatic carbocycles. The van der Waals surface area contributed by atoms with E-state index in [0.29, 0.717) is 0 Å². The van der Waals surface area contributed by atoms with Crippen LogP contribution in [0.4, 0.5) is 4.39 Å². The molecule has 0 spiro atoms. The average molecular weight is 221 g/mol. The number of amides is 1. The molecule has 0 saturated heterocycles. The van der Waals surface area contributed by atoms with E-state index in [-0.39, 0.29) is 23.6 Å². The van der Waals surface area contributed by atoms with Gasteiger partial charge in [-0.2, -0.15) is 0 Å². The molecule has 1 aromatic rings. The first-order chi connectivity index (χ1) is 7.56. The number of halogens is 1. The van der Waals surface area contributed by atoms with Gasteiger partial charge in [0.25, 0.3) is 5.91 Å². The van der Waals surface area contributed by atoms with Gasteiger partial charge in [-0.3, -0.25) is 4.79 Å². The van der Waals surface area contributed by atoms with Crippen LogP contribution in [0.2, 0.25) is 0 Å². The zero-order valence-corrected chi connectivity index (χ0v) is 9.12. The molecule has 16 heavy (non-hydrogen) atoms. The molecule has 0 aromatic heterocycles. The maximum absolute atomic E-state index is 13.4. The molecule has 3 nitrogen and oxygen atoms in total. The fourth-order valence-corrected chi connectivity index (χ4v) is 1.14. The van der Waals surface area contributed by atoms with Crippen molar-refractivity contribution in [2.45, 2.75) is 0 Å². The summed E-state index contributed by atoms with van der Waals surface area (Å²) in [6.07, 6.45) is 0. The molecule has 1 N–H and O–H groups in total.